The molecule has 3 heteroatoms. The van der Waals surface area contributed by atoms with Gasteiger partial charge < -0.3 is 5.73 Å². The van der Waals surface area contributed by atoms with E-state index >= 15 is 0 Å². The number of likely N-dealkylation sites (tertiary alicyclic amines) is 1. The molecule has 12 heavy (non-hydrogen) atoms. The summed E-state index contributed by atoms with van der Waals surface area (Å²) in [7, 11) is 0. The minimum absolute atomic E-state index is 0. The first-order valence-electron chi connectivity index (χ1n) is 4.68. The predicted molar refractivity (Wildman–Crippen MR) is 55.7 cm³/mol. The molecule has 1 rings (SSSR count). The SMILES string of the molecule is CC(C)CN1CCC[C@@H]1CN.Cl. The van der Waals surface area contributed by atoms with Gasteiger partial charge in [0.2, 0.25) is 0 Å². The molecule has 1 aliphatic rings. The van der Waals surface area contributed by atoms with Gasteiger partial charge >= 0.3 is 0 Å². The van der Waals surface area contributed by atoms with Crippen molar-refractivity contribution >= 4 is 12.4 Å². The molecule has 0 unspecified atom stereocenters. The van der Waals surface area contributed by atoms with E-state index in [1.165, 1.54) is 25.9 Å². The molecule has 1 fully saturated rings. The summed E-state index contributed by atoms with van der Waals surface area (Å²) in [6.45, 7) is 7.87. The maximum atomic E-state index is 5.66. The van der Waals surface area contributed by atoms with Gasteiger partial charge in [0, 0.05) is 19.1 Å². The predicted octanol–water partition coefficient (Wildman–Crippen LogP) is 1.49. The van der Waals surface area contributed by atoms with Gasteiger partial charge in [0.25, 0.3) is 0 Å². The number of halogens is 1. The largest absolute Gasteiger partial charge is 0.329 e. The summed E-state index contributed by atoms with van der Waals surface area (Å²) in [5, 5.41) is 0. The number of hydrogen-bond acceptors (Lipinski definition) is 2. The molecule has 0 spiro atoms. The van der Waals surface area contributed by atoms with Crippen LogP contribution in [0, 0.1) is 5.92 Å². The Morgan fingerprint density at radius 3 is 2.67 bits per heavy atom. The van der Waals surface area contributed by atoms with Gasteiger partial charge in [-0.05, 0) is 25.3 Å². The van der Waals surface area contributed by atoms with Crippen LogP contribution >= 0.6 is 12.4 Å². The fraction of sp³-hybridized carbons (Fsp3) is 1.00. The normalized spacial score (nSPS) is 24.5. The summed E-state index contributed by atoms with van der Waals surface area (Å²) in [4.78, 5) is 2.53. The lowest BCUT2D eigenvalue weighted by Gasteiger charge is -2.24. The second-order valence-corrected chi connectivity index (χ2v) is 3.92. The van der Waals surface area contributed by atoms with E-state index in [0.717, 1.165) is 12.5 Å². The third-order valence-corrected chi connectivity index (χ3v) is 2.37. The molecule has 2 nitrogen and oxygen atoms in total. The molecule has 0 bridgehead atoms. The molecule has 1 saturated heterocycles. The molecule has 0 aromatic carbocycles. The third-order valence-electron chi connectivity index (χ3n) is 2.37. The molecule has 74 valence electrons. The Kier molecular flexibility index (Phi) is 5.89. The number of rotatable bonds is 3. The standard InChI is InChI=1S/C9H20N2.ClH/c1-8(2)7-11-5-3-4-9(11)6-10;/h8-9H,3-7,10H2,1-2H3;1H/t9-;/m1./s1. The first-order valence-corrected chi connectivity index (χ1v) is 4.68. The zero-order valence-electron chi connectivity index (χ0n) is 8.12. The second-order valence-electron chi connectivity index (χ2n) is 3.92. The van der Waals surface area contributed by atoms with Crippen molar-refractivity contribution in [1.82, 2.24) is 4.90 Å². The van der Waals surface area contributed by atoms with E-state index in [0.29, 0.717) is 6.04 Å². The summed E-state index contributed by atoms with van der Waals surface area (Å²) in [5.41, 5.74) is 5.66. The van der Waals surface area contributed by atoms with Crippen LogP contribution < -0.4 is 5.73 Å². The van der Waals surface area contributed by atoms with Crippen molar-refractivity contribution in [2.45, 2.75) is 32.7 Å². The lowest BCUT2D eigenvalue weighted by atomic mass is 10.2. The minimum Gasteiger partial charge on any atom is -0.329 e. The third kappa shape index (κ3) is 3.30. The molecular weight excluding hydrogens is 172 g/mol. The molecule has 0 aromatic rings. The Labute approximate surface area is 81.9 Å². The van der Waals surface area contributed by atoms with Gasteiger partial charge in [-0.25, -0.2) is 0 Å². The van der Waals surface area contributed by atoms with Crippen LogP contribution in [0.25, 0.3) is 0 Å². The van der Waals surface area contributed by atoms with Crippen LogP contribution in [0.3, 0.4) is 0 Å². The fourth-order valence-electron chi connectivity index (χ4n) is 1.87. The topological polar surface area (TPSA) is 29.3 Å². The highest BCUT2D eigenvalue weighted by molar-refractivity contribution is 5.85. The van der Waals surface area contributed by atoms with Crippen molar-refractivity contribution in [1.29, 1.82) is 0 Å². The zero-order valence-corrected chi connectivity index (χ0v) is 8.94. The Hall–Kier alpha value is 0.210. The van der Waals surface area contributed by atoms with Crippen molar-refractivity contribution in [3.8, 4) is 0 Å². The second kappa shape index (κ2) is 5.79. The fourth-order valence-corrected chi connectivity index (χ4v) is 1.87. The maximum Gasteiger partial charge on any atom is 0.0218 e. The Bertz CT molecular complexity index is 117. The molecule has 0 aromatic heterocycles. The highest BCUT2D eigenvalue weighted by Gasteiger charge is 2.22. The van der Waals surface area contributed by atoms with E-state index in [-0.39, 0.29) is 12.4 Å². The lowest BCUT2D eigenvalue weighted by Crippen LogP contribution is -2.37. The summed E-state index contributed by atoms with van der Waals surface area (Å²) < 4.78 is 0. The Morgan fingerprint density at radius 2 is 2.17 bits per heavy atom. The van der Waals surface area contributed by atoms with Crippen molar-refractivity contribution < 1.29 is 0 Å². The molecule has 0 saturated carbocycles. The molecule has 1 atom stereocenters. The van der Waals surface area contributed by atoms with Crippen molar-refractivity contribution in [3.63, 3.8) is 0 Å². The van der Waals surface area contributed by atoms with Gasteiger partial charge in [0.1, 0.15) is 0 Å². The molecular formula is C9H21ClN2. The monoisotopic (exact) mass is 192 g/mol. The first-order chi connectivity index (χ1) is 5.24. The van der Waals surface area contributed by atoms with Gasteiger partial charge in [-0.15, -0.1) is 12.4 Å². The minimum atomic E-state index is 0. The van der Waals surface area contributed by atoms with E-state index < -0.39 is 0 Å². The smallest absolute Gasteiger partial charge is 0.0218 e. The van der Waals surface area contributed by atoms with Crippen molar-refractivity contribution in [2.24, 2.45) is 11.7 Å². The van der Waals surface area contributed by atoms with Gasteiger partial charge in [-0.2, -0.15) is 0 Å². The van der Waals surface area contributed by atoms with E-state index in [9.17, 15) is 0 Å². The number of nitrogens with zero attached hydrogens (tertiary/aromatic N) is 1. The summed E-state index contributed by atoms with van der Waals surface area (Å²) in [6.07, 6.45) is 2.65. The highest BCUT2D eigenvalue weighted by atomic mass is 35.5. The molecule has 1 heterocycles. The zero-order chi connectivity index (χ0) is 8.27. The van der Waals surface area contributed by atoms with Crippen molar-refractivity contribution in [2.75, 3.05) is 19.6 Å². The highest BCUT2D eigenvalue weighted by Crippen LogP contribution is 2.17. The molecule has 0 aliphatic carbocycles. The van der Waals surface area contributed by atoms with Crippen molar-refractivity contribution in [3.05, 3.63) is 0 Å². The lowest BCUT2D eigenvalue weighted by molar-refractivity contribution is 0.231. The Balaban J connectivity index is 0.00000121. The van der Waals surface area contributed by atoms with Gasteiger partial charge in [0.15, 0.2) is 0 Å². The number of nitrogens with two attached hydrogens (primary N) is 1. The van der Waals surface area contributed by atoms with Crippen LogP contribution in [0.4, 0.5) is 0 Å². The molecule has 0 radical (unpaired) electrons. The Morgan fingerprint density at radius 1 is 1.50 bits per heavy atom. The molecule has 2 N–H and O–H groups in total. The molecule has 0 amide bonds. The summed E-state index contributed by atoms with van der Waals surface area (Å²) in [6, 6.07) is 0.678. The van der Waals surface area contributed by atoms with E-state index in [2.05, 4.69) is 18.7 Å². The van der Waals surface area contributed by atoms with E-state index in [1.807, 2.05) is 0 Å². The average molecular weight is 193 g/mol. The summed E-state index contributed by atoms with van der Waals surface area (Å²) in [5.74, 6) is 0.780. The van der Waals surface area contributed by atoms with Crippen LogP contribution in [0.2, 0.25) is 0 Å². The quantitative estimate of drug-likeness (QED) is 0.735. The van der Waals surface area contributed by atoms with E-state index in [1.54, 1.807) is 0 Å². The first kappa shape index (κ1) is 12.2. The van der Waals surface area contributed by atoms with Crippen LogP contribution in [0.15, 0.2) is 0 Å². The van der Waals surface area contributed by atoms with Crippen LogP contribution in [-0.4, -0.2) is 30.6 Å². The maximum absolute atomic E-state index is 5.66. The molecule has 1 aliphatic heterocycles. The van der Waals surface area contributed by atoms with Crippen LogP contribution in [0.5, 0.6) is 0 Å². The van der Waals surface area contributed by atoms with Gasteiger partial charge in [-0.3, -0.25) is 4.90 Å². The summed E-state index contributed by atoms with van der Waals surface area (Å²) >= 11 is 0. The van der Waals surface area contributed by atoms with Gasteiger partial charge in [0.05, 0.1) is 0 Å². The van der Waals surface area contributed by atoms with Gasteiger partial charge in [-0.1, -0.05) is 13.8 Å². The van der Waals surface area contributed by atoms with Crippen LogP contribution in [0.1, 0.15) is 26.7 Å². The van der Waals surface area contributed by atoms with Crippen LogP contribution in [-0.2, 0) is 0 Å². The van der Waals surface area contributed by atoms with E-state index in [4.69, 9.17) is 5.73 Å². The number of hydrogen-bond donors (Lipinski definition) is 1. The average Bonchev–Trinajstić information content (AvgIpc) is 2.34.